The predicted octanol–water partition coefficient (Wildman–Crippen LogP) is -0.811. The molecule has 18 heavy (non-hydrogen) atoms. The molecule has 1 amide bonds. The molecule has 0 radical (unpaired) electrons. The van der Waals surface area contributed by atoms with Crippen LogP contribution >= 0.6 is 0 Å². The maximum atomic E-state index is 11.5. The molecule has 1 aliphatic heterocycles. The van der Waals surface area contributed by atoms with E-state index in [4.69, 9.17) is 15.2 Å². The topological polar surface area (TPSA) is 76.8 Å². The van der Waals surface area contributed by atoms with E-state index in [1.54, 1.807) is 0 Å². The number of nitrogens with zero attached hydrogens (tertiary/aromatic N) is 1. The largest absolute Gasteiger partial charge is 0.380 e. The quantitative estimate of drug-likeness (QED) is 0.558. The first kappa shape index (κ1) is 15.4. The molecule has 1 fully saturated rings. The van der Waals surface area contributed by atoms with Gasteiger partial charge in [0.15, 0.2) is 0 Å². The molecule has 1 atom stereocenters. The van der Waals surface area contributed by atoms with E-state index in [1.165, 1.54) is 0 Å². The van der Waals surface area contributed by atoms with E-state index in [2.05, 4.69) is 17.1 Å². The number of hydrogen-bond donors (Lipinski definition) is 2. The molecule has 0 aromatic carbocycles. The third kappa shape index (κ3) is 6.30. The van der Waals surface area contributed by atoms with E-state index < -0.39 is 0 Å². The lowest BCUT2D eigenvalue weighted by Crippen LogP contribution is -2.47. The fraction of sp³-hybridized carbons (Fsp3) is 0.917. The van der Waals surface area contributed by atoms with Crippen molar-refractivity contribution in [2.45, 2.75) is 19.4 Å². The van der Waals surface area contributed by atoms with Crippen LogP contribution in [0.3, 0.4) is 0 Å². The van der Waals surface area contributed by atoms with Crippen LogP contribution in [0, 0.1) is 0 Å². The van der Waals surface area contributed by atoms with Crippen LogP contribution in [0.15, 0.2) is 0 Å². The van der Waals surface area contributed by atoms with Gasteiger partial charge in [-0.2, -0.15) is 0 Å². The Morgan fingerprint density at radius 1 is 1.56 bits per heavy atom. The maximum Gasteiger partial charge on any atom is 0.222 e. The lowest BCUT2D eigenvalue weighted by Gasteiger charge is -2.32. The third-order valence-electron chi connectivity index (χ3n) is 2.93. The van der Waals surface area contributed by atoms with Gasteiger partial charge in [0.25, 0.3) is 0 Å². The standard InChI is InChI=1S/C12H25N3O3/c1-2-15-5-8-18-11(10-15)9-14-12(16)3-6-17-7-4-13/h11H,2-10,13H2,1H3,(H,14,16). The second kappa shape index (κ2) is 9.27. The van der Waals surface area contributed by atoms with Gasteiger partial charge in [-0.25, -0.2) is 0 Å². The summed E-state index contributed by atoms with van der Waals surface area (Å²) in [7, 11) is 0. The average molecular weight is 259 g/mol. The van der Waals surface area contributed by atoms with Gasteiger partial charge in [-0.05, 0) is 6.54 Å². The summed E-state index contributed by atoms with van der Waals surface area (Å²) >= 11 is 0. The van der Waals surface area contributed by atoms with Crippen molar-refractivity contribution in [2.75, 3.05) is 52.5 Å². The van der Waals surface area contributed by atoms with Gasteiger partial charge in [0.2, 0.25) is 5.91 Å². The van der Waals surface area contributed by atoms with E-state index in [-0.39, 0.29) is 12.0 Å². The monoisotopic (exact) mass is 259 g/mol. The fourth-order valence-electron chi connectivity index (χ4n) is 1.86. The minimum absolute atomic E-state index is 0.00393. The Balaban J connectivity index is 2.06. The van der Waals surface area contributed by atoms with Crippen LogP contribution in [0.1, 0.15) is 13.3 Å². The van der Waals surface area contributed by atoms with Crippen molar-refractivity contribution in [3.63, 3.8) is 0 Å². The number of ether oxygens (including phenoxy) is 2. The van der Waals surface area contributed by atoms with Crippen molar-refractivity contribution in [1.82, 2.24) is 10.2 Å². The highest BCUT2D eigenvalue weighted by molar-refractivity contribution is 5.75. The summed E-state index contributed by atoms with van der Waals surface area (Å²) in [5, 5.41) is 2.87. The molecule has 1 aliphatic rings. The fourth-order valence-corrected chi connectivity index (χ4v) is 1.86. The van der Waals surface area contributed by atoms with Crippen LogP contribution in [0.2, 0.25) is 0 Å². The molecule has 1 heterocycles. The Morgan fingerprint density at radius 3 is 3.11 bits per heavy atom. The highest BCUT2D eigenvalue weighted by Crippen LogP contribution is 2.03. The average Bonchev–Trinajstić information content (AvgIpc) is 2.41. The SMILES string of the molecule is CCN1CCOC(CNC(=O)CCOCCN)C1. The molecule has 3 N–H and O–H groups in total. The lowest BCUT2D eigenvalue weighted by molar-refractivity contribution is -0.123. The first-order valence-electron chi connectivity index (χ1n) is 6.64. The Kier molecular flexibility index (Phi) is 7.91. The molecule has 106 valence electrons. The molecular formula is C12H25N3O3. The first-order chi connectivity index (χ1) is 8.76. The summed E-state index contributed by atoms with van der Waals surface area (Å²) in [5.74, 6) is 0.00393. The zero-order valence-corrected chi connectivity index (χ0v) is 11.2. The number of hydrogen-bond acceptors (Lipinski definition) is 5. The number of carbonyl (C=O) groups is 1. The van der Waals surface area contributed by atoms with E-state index in [9.17, 15) is 4.79 Å². The molecule has 0 aromatic rings. The van der Waals surface area contributed by atoms with Gasteiger partial charge in [-0.3, -0.25) is 9.69 Å². The van der Waals surface area contributed by atoms with Gasteiger partial charge >= 0.3 is 0 Å². The number of rotatable bonds is 8. The molecule has 0 spiro atoms. The summed E-state index contributed by atoms with van der Waals surface area (Å²) in [6, 6.07) is 0. The number of nitrogens with two attached hydrogens (primary N) is 1. The van der Waals surface area contributed by atoms with E-state index in [0.717, 1.165) is 26.2 Å². The summed E-state index contributed by atoms with van der Waals surface area (Å²) in [6.45, 7) is 7.77. The van der Waals surface area contributed by atoms with E-state index in [0.29, 0.717) is 32.7 Å². The van der Waals surface area contributed by atoms with Crippen LogP contribution in [0.5, 0.6) is 0 Å². The van der Waals surface area contributed by atoms with E-state index in [1.807, 2.05) is 0 Å². The first-order valence-corrected chi connectivity index (χ1v) is 6.64. The number of nitrogens with one attached hydrogen (secondary N) is 1. The van der Waals surface area contributed by atoms with Crippen molar-refractivity contribution in [3.8, 4) is 0 Å². The lowest BCUT2D eigenvalue weighted by atomic mass is 10.2. The Hall–Kier alpha value is -0.690. The normalized spacial score (nSPS) is 20.9. The van der Waals surface area contributed by atoms with Gasteiger partial charge in [0.1, 0.15) is 0 Å². The summed E-state index contributed by atoms with van der Waals surface area (Å²) in [6.07, 6.45) is 0.483. The summed E-state index contributed by atoms with van der Waals surface area (Å²) < 4.78 is 10.8. The zero-order chi connectivity index (χ0) is 13.2. The van der Waals surface area contributed by atoms with Crippen molar-refractivity contribution >= 4 is 5.91 Å². The number of likely N-dealkylation sites (N-methyl/N-ethyl adjacent to an activating group) is 1. The van der Waals surface area contributed by atoms with Gasteiger partial charge < -0.3 is 20.5 Å². The minimum Gasteiger partial charge on any atom is -0.380 e. The van der Waals surface area contributed by atoms with Gasteiger partial charge in [-0.15, -0.1) is 0 Å². The molecular weight excluding hydrogens is 234 g/mol. The summed E-state index contributed by atoms with van der Waals surface area (Å²) in [5.41, 5.74) is 5.28. The van der Waals surface area contributed by atoms with Crippen molar-refractivity contribution < 1.29 is 14.3 Å². The second-order valence-electron chi connectivity index (χ2n) is 4.34. The molecule has 6 nitrogen and oxygen atoms in total. The molecule has 1 rings (SSSR count). The third-order valence-corrected chi connectivity index (χ3v) is 2.93. The van der Waals surface area contributed by atoms with Crippen molar-refractivity contribution in [3.05, 3.63) is 0 Å². The second-order valence-corrected chi connectivity index (χ2v) is 4.34. The van der Waals surface area contributed by atoms with Crippen molar-refractivity contribution in [2.24, 2.45) is 5.73 Å². The molecule has 6 heteroatoms. The molecule has 0 aromatic heterocycles. The van der Waals surface area contributed by atoms with E-state index >= 15 is 0 Å². The number of carbonyl (C=O) groups excluding carboxylic acids is 1. The molecule has 0 saturated carbocycles. The van der Waals surface area contributed by atoms with Gasteiger partial charge in [0, 0.05) is 32.6 Å². The summed E-state index contributed by atoms with van der Waals surface area (Å²) in [4.78, 5) is 13.8. The van der Waals surface area contributed by atoms with Crippen LogP contribution in [-0.4, -0.2) is 69.5 Å². The van der Waals surface area contributed by atoms with Crippen LogP contribution in [0.4, 0.5) is 0 Å². The molecule has 0 bridgehead atoms. The van der Waals surface area contributed by atoms with Crippen LogP contribution < -0.4 is 11.1 Å². The Labute approximate surface area is 109 Å². The molecule has 1 saturated heterocycles. The number of morpholine rings is 1. The Bertz CT molecular complexity index is 239. The number of amides is 1. The van der Waals surface area contributed by atoms with Gasteiger partial charge in [0.05, 0.1) is 25.9 Å². The molecule has 1 unspecified atom stereocenters. The molecule has 0 aliphatic carbocycles. The highest BCUT2D eigenvalue weighted by Gasteiger charge is 2.19. The highest BCUT2D eigenvalue weighted by atomic mass is 16.5. The predicted molar refractivity (Wildman–Crippen MR) is 69.4 cm³/mol. The van der Waals surface area contributed by atoms with Crippen molar-refractivity contribution in [1.29, 1.82) is 0 Å². The smallest absolute Gasteiger partial charge is 0.222 e. The minimum atomic E-state index is 0.00393. The Morgan fingerprint density at radius 2 is 2.39 bits per heavy atom. The maximum absolute atomic E-state index is 11.5. The van der Waals surface area contributed by atoms with Crippen LogP contribution in [-0.2, 0) is 14.3 Å². The van der Waals surface area contributed by atoms with Crippen LogP contribution in [0.25, 0.3) is 0 Å². The zero-order valence-electron chi connectivity index (χ0n) is 11.2. The van der Waals surface area contributed by atoms with Gasteiger partial charge in [-0.1, -0.05) is 6.92 Å².